The summed E-state index contributed by atoms with van der Waals surface area (Å²) < 4.78 is 5.93. The highest BCUT2D eigenvalue weighted by molar-refractivity contribution is 7.16. The second-order valence-corrected chi connectivity index (χ2v) is 7.47. The van der Waals surface area contributed by atoms with Gasteiger partial charge in [-0.3, -0.25) is 0 Å². The third-order valence-corrected chi connectivity index (χ3v) is 4.43. The molecule has 18 heavy (non-hydrogen) atoms. The number of thiophene rings is 1. The summed E-state index contributed by atoms with van der Waals surface area (Å²) in [5, 5.41) is 3.47. The average molecular weight is 290 g/mol. The standard InChI is InChI=1S/C14H24ClNOS/c1-14(2,3)11(10-16-7-8-17-4)9-12-5-6-13(15)18-12/h5-6,11,16H,7-10H2,1-4H3. The molecule has 2 nitrogen and oxygen atoms in total. The van der Waals surface area contributed by atoms with Crippen LogP contribution in [-0.4, -0.2) is 26.8 Å². The lowest BCUT2D eigenvalue weighted by atomic mass is 9.78. The predicted octanol–water partition coefficient (Wildman–Crippen LogP) is 3.84. The second-order valence-electron chi connectivity index (χ2n) is 5.67. The van der Waals surface area contributed by atoms with Gasteiger partial charge in [-0.25, -0.2) is 0 Å². The molecule has 1 aromatic rings. The Balaban J connectivity index is 2.51. The number of ether oxygens (including phenoxy) is 1. The SMILES string of the molecule is COCCNCC(Cc1ccc(Cl)s1)C(C)(C)C. The summed E-state index contributed by atoms with van der Waals surface area (Å²) >= 11 is 7.68. The molecule has 0 radical (unpaired) electrons. The lowest BCUT2D eigenvalue weighted by molar-refractivity contribution is 0.186. The van der Waals surface area contributed by atoms with Crippen LogP contribution < -0.4 is 5.32 Å². The monoisotopic (exact) mass is 289 g/mol. The second kappa shape index (κ2) is 7.49. The summed E-state index contributed by atoms with van der Waals surface area (Å²) in [6, 6.07) is 4.13. The van der Waals surface area contributed by atoms with Crippen LogP contribution in [0.4, 0.5) is 0 Å². The Labute approximate surface area is 120 Å². The van der Waals surface area contributed by atoms with Crippen LogP contribution in [0, 0.1) is 11.3 Å². The first-order valence-corrected chi connectivity index (χ1v) is 7.57. The fourth-order valence-electron chi connectivity index (χ4n) is 1.84. The lowest BCUT2D eigenvalue weighted by Gasteiger charge is -2.30. The zero-order chi connectivity index (χ0) is 13.6. The zero-order valence-electron chi connectivity index (χ0n) is 11.8. The Morgan fingerprint density at radius 2 is 2.11 bits per heavy atom. The van der Waals surface area contributed by atoms with Gasteiger partial charge in [0.2, 0.25) is 0 Å². The quantitative estimate of drug-likeness (QED) is 0.770. The molecule has 0 saturated carbocycles. The minimum atomic E-state index is 0.288. The molecule has 0 aliphatic carbocycles. The van der Waals surface area contributed by atoms with Crippen molar-refractivity contribution in [2.45, 2.75) is 27.2 Å². The van der Waals surface area contributed by atoms with Crippen molar-refractivity contribution in [3.63, 3.8) is 0 Å². The van der Waals surface area contributed by atoms with Gasteiger partial charge < -0.3 is 10.1 Å². The molecule has 1 unspecified atom stereocenters. The van der Waals surface area contributed by atoms with E-state index in [2.05, 4.69) is 32.2 Å². The van der Waals surface area contributed by atoms with Crippen molar-refractivity contribution < 1.29 is 4.74 Å². The average Bonchev–Trinajstić information content (AvgIpc) is 2.67. The third kappa shape index (κ3) is 5.70. The van der Waals surface area contributed by atoms with Crippen molar-refractivity contribution in [2.24, 2.45) is 11.3 Å². The van der Waals surface area contributed by atoms with Crippen molar-refractivity contribution >= 4 is 22.9 Å². The van der Waals surface area contributed by atoms with Crippen molar-refractivity contribution in [3.8, 4) is 0 Å². The molecule has 0 aliphatic heterocycles. The molecule has 0 aliphatic rings. The number of methoxy groups -OCH3 is 1. The largest absolute Gasteiger partial charge is 0.383 e. The van der Waals surface area contributed by atoms with Gasteiger partial charge in [-0.2, -0.15) is 0 Å². The summed E-state index contributed by atoms with van der Waals surface area (Å²) in [5.41, 5.74) is 0.288. The summed E-state index contributed by atoms with van der Waals surface area (Å²) in [4.78, 5) is 1.37. The van der Waals surface area contributed by atoms with Crippen LogP contribution in [0.15, 0.2) is 12.1 Å². The van der Waals surface area contributed by atoms with Gasteiger partial charge in [0.05, 0.1) is 10.9 Å². The van der Waals surface area contributed by atoms with Gasteiger partial charge >= 0.3 is 0 Å². The first-order valence-electron chi connectivity index (χ1n) is 6.37. The van der Waals surface area contributed by atoms with Gasteiger partial charge in [-0.1, -0.05) is 32.4 Å². The van der Waals surface area contributed by atoms with Crippen LogP contribution in [-0.2, 0) is 11.2 Å². The number of hydrogen-bond acceptors (Lipinski definition) is 3. The maximum absolute atomic E-state index is 5.99. The highest BCUT2D eigenvalue weighted by Crippen LogP contribution is 2.31. The molecule has 1 N–H and O–H groups in total. The van der Waals surface area contributed by atoms with E-state index in [0.29, 0.717) is 5.92 Å². The van der Waals surface area contributed by atoms with Gasteiger partial charge in [-0.15, -0.1) is 11.3 Å². The first kappa shape index (κ1) is 16.0. The number of rotatable bonds is 7. The zero-order valence-corrected chi connectivity index (χ0v) is 13.3. The van der Waals surface area contributed by atoms with E-state index in [1.165, 1.54) is 4.88 Å². The van der Waals surface area contributed by atoms with E-state index < -0.39 is 0 Å². The highest BCUT2D eigenvalue weighted by Gasteiger charge is 2.24. The summed E-state index contributed by atoms with van der Waals surface area (Å²) in [6.45, 7) is 9.58. The molecule has 0 bridgehead atoms. The Bertz CT molecular complexity index is 346. The smallest absolute Gasteiger partial charge is 0.0931 e. The van der Waals surface area contributed by atoms with Crippen molar-refractivity contribution in [3.05, 3.63) is 21.3 Å². The van der Waals surface area contributed by atoms with E-state index in [1.807, 2.05) is 6.07 Å². The van der Waals surface area contributed by atoms with Crippen molar-refractivity contribution in [2.75, 3.05) is 26.8 Å². The topological polar surface area (TPSA) is 21.3 Å². The maximum Gasteiger partial charge on any atom is 0.0931 e. The molecule has 1 rings (SSSR count). The van der Waals surface area contributed by atoms with Crippen LogP contribution in [0.1, 0.15) is 25.6 Å². The molecule has 0 aromatic carbocycles. The molecule has 1 atom stereocenters. The van der Waals surface area contributed by atoms with Gasteiger partial charge in [0.1, 0.15) is 0 Å². The summed E-state index contributed by atoms with van der Waals surface area (Å²) in [5.74, 6) is 0.601. The Kier molecular flexibility index (Phi) is 6.64. The van der Waals surface area contributed by atoms with E-state index in [4.69, 9.17) is 16.3 Å². The molecule has 0 fully saturated rings. The Morgan fingerprint density at radius 1 is 1.39 bits per heavy atom. The van der Waals surface area contributed by atoms with Crippen LogP contribution in [0.2, 0.25) is 4.34 Å². The fraction of sp³-hybridized carbons (Fsp3) is 0.714. The maximum atomic E-state index is 5.99. The minimum Gasteiger partial charge on any atom is -0.383 e. The van der Waals surface area contributed by atoms with Gasteiger partial charge in [0.25, 0.3) is 0 Å². The molecule has 0 saturated heterocycles. The van der Waals surface area contributed by atoms with Crippen molar-refractivity contribution in [1.82, 2.24) is 5.32 Å². The minimum absolute atomic E-state index is 0.288. The van der Waals surface area contributed by atoms with E-state index >= 15 is 0 Å². The van der Waals surface area contributed by atoms with Gasteiger partial charge in [0.15, 0.2) is 0 Å². The first-order chi connectivity index (χ1) is 8.43. The highest BCUT2D eigenvalue weighted by atomic mass is 35.5. The van der Waals surface area contributed by atoms with Crippen molar-refractivity contribution in [1.29, 1.82) is 0 Å². The van der Waals surface area contributed by atoms with E-state index in [9.17, 15) is 0 Å². The number of nitrogens with one attached hydrogen (secondary N) is 1. The Morgan fingerprint density at radius 3 is 2.61 bits per heavy atom. The van der Waals surface area contributed by atoms with Crippen LogP contribution in [0.25, 0.3) is 0 Å². The van der Waals surface area contributed by atoms with E-state index in [0.717, 1.165) is 30.5 Å². The summed E-state index contributed by atoms with van der Waals surface area (Å²) in [6.07, 6.45) is 1.08. The van der Waals surface area contributed by atoms with Gasteiger partial charge in [-0.05, 0) is 36.4 Å². The van der Waals surface area contributed by atoms with Crippen LogP contribution in [0.5, 0.6) is 0 Å². The summed E-state index contributed by atoms with van der Waals surface area (Å²) in [7, 11) is 1.73. The molecule has 1 heterocycles. The molecule has 104 valence electrons. The molecule has 0 amide bonds. The number of hydrogen-bond donors (Lipinski definition) is 1. The lowest BCUT2D eigenvalue weighted by Crippen LogP contribution is -2.34. The van der Waals surface area contributed by atoms with Crippen LogP contribution in [0.3, 0.4) is 0 Å². The van der Waals surface area contributed by atoms with Gasteiger partial charge in [0, 0.05) is 18.5 Å². The predicted molar refractivity (Wildman–Crippen MR) is 80.7 cm³/mol. The normalized spacial score (nSPS) is 13.8. The Hall–Kier alpha value is -0.0900. The molecule has 0 spiro atoms. The number of halogens is 1. The fourth-order valence-corrected chi connectivity index (χ4v) is 3.01. The molecular weight excluding hydrogens is 266 g/mol. The molecular formula is C14H24ClNOS. The van der Waals surface area contributed by atoms with E-state index in [-0.39, 0.29) is 5.41 Å². The molecule has 1 aromatic heterocycles. The molecule has 4 heteroatoms. The third-order valence-electron chi connectivity index (χ3n) is 3.17. The van der Waals surface area contributed by atoms with E-state index in [1.54, 1.807) is 18.4 Å². The van der Waals surface area contributed by atoms with Crippen LogP contribution >= 0.6 is 22.9 Å².